The summed E-state index contributed by atoms with van der Waals surface area (Å²) in [4.78, 5) is 24.3. The molecule has 0 aliphatic rings. The molecular weight excluding hydrogens is 643 g/mol. The fourth-order valence-electron chi connectivity index (χ4n) is 5.56. The van der Waals surface area contributed by atoms with Crippen LogP contribution in [0.5, 0.6) is 5.75 Å². The Balaban J connectivity index is 1.83. The van der Waals surface area contributed by atoms with E-state index in [1.807, 2.05) is 25.1 Å². The molecule has 0 amide bonds. The van der Waals surface area contributed by atoms with Crippen molar-refractivity contribution in [1.29, 1.82) is 0 Å². The minimum atomic E-state index is -5.87. The largest absolute Gasteiger partial charge is 0.494 e. The highest BCUT2D eigenvalue weighted by atomic mass is 19.4. The van der Waals surface area contributed by atoms with Crippen LogP contribution in [0, 0.1) is 0 Å². The Bertz CT molecular complexity index is 1450. The maximum Gasteiger partial charge on any atom is 0.457 e. The second kappa shape index (κ2) is 19.3. The van der Waals surface area contributed by atoms with Crippen LogP contribution in [0.1, 0.15) is 118 Å². The highest BCUT2D eigenvalue weighted by molar-refractivity contribution is 5.92. The molecule has 10 heteroatoms. The first-order valence-corrected chi connectivity index (χ1v) is 17.3. The molecule has 3 aromatic rings. The Hall–Kier alpha value is -3.95. The molecule has 0 aromatic heterocycles. The van der Waals surface area contributed by atoms with Gasteiger partial charge >= 0.3 is 24.0 Å². The topological polar surface area (TPSA) is 72.8 Å². The van der Waals surface area contributed by atoms with E-state index >= 15 is 0 Å². The molecule has 0 heterocycles. The molecule has 0 radical (unpaired) electrons. The third-order valence-corrected chi connectivity index (χ3v) is 8.48. The maximum absolute atomic E-state index is 14.4. The van der Waals surface area contributed by atoms with Gasteiger partial charge in [-0.1, -0.05) is 108 Å². The molecule has 0 fully saturated rings. The summed E-state index contributed by atoms with van der Waals surface area (Å²) < 4.78 is 79.7. The van der Waals surface area contributed by atoms with Gasteiger partial charge in [-0.15, -0.1) is 0 Å². The lowest BCUT2D eigenvalue weighted by atomic mass is 9.93. The number of hydrogen-bond donors (Lipinski definition) is 1. The Morgan fingerprint density at radius 3 is 1.71 bits per heavy atom. The highest BCUT2D eigenvalue weighted by Crippen LogP contribution is 2.42. The summed E-state index contributed by atoms with van der Waals surface area (Å²) in [6, 6.07) is 17.6. The van der Waals surface area contributed by atoms with Gasteiger partial charge in [0.1, 0.15) is 5.75 Å². The lowest BCUT2D eigenvalue weighted by Crippen LogP contribution is -2.49. The van der Waals surface area contributed by atoms with Gasteiger partial charge in [0.25, 0.3) is 0 Å². The van der Waals surface area contributed by atoms with Crippen LogP contribution in [-0.4, -0.2) is 41.9 Å². The summed E-state index contributed by atoms with van der Waals surface area (Å²) in [7, 11) is 0. The predicted molar refractivity (Wildman–Crippen MR) is 181 cm³/mol. The van der Waals surface area contributed by atoms with Crippen LogP contribution in [0.4, 0.5) is 22.0 Å². The lowest BCUT2D eigenvalue weighted by molar-refractivity contribution is -0.312. The molecule has 0 saturated carbocycles. The Morgan fingerprint density at radius 1 is 0.653 bits per heavy atom. The van der Waals surface area contributed by atoms with Crippen molar-refractivity contribution in [2.24, 2.45) is 0 Å². The number of aromatic carboxylic acids is 1. The van der Waals surface area contributed by atoms with Crippen molar-refractivity contribution < 1.29 is 46.1 Å². The number of unbranched alkanes of at least 4 members (excludes halogenated alkanes) is 10. The summed E-state index contributed by atoms with van der Waals surface area (Å²) >= 11 is 0. The third-order valence-electron chi connectivity index (χ3n) is 8.48. The van der Waals surface area contributed by atoms with Crippen LogP contribution in [0.25, 0.3) is 22.3 Å². The van der Waals surface area contributed by atoms with E-state index in [0.717, 1.165) is 49.7 Å². The summed E-state index contributed by atoms with van der Waals surface area (Å²) in [6.07, 6.45) is 1.49. The molecule has 49 heavy (non-hydrogen) atoms. The van der Waals surface area contributed by atoms with E-state index in [1.165, 1.54) is 43.5 Å². The van der Waals surface area contributed by atoms with Crippen molar-refractivity contribution in [2.75, 3.05) is 6.61 Å². The maximum atomic E-state index is 14.4. The summed E-state index contributed by atoms with van der Waals surface area (Å²) in [5.74, 6) is -6.93. The van der Waals surface area contributed by atoms with Gasteiger partial charge in [0, 0.05) is 0 Å². The van der Waals surface area contributed by atoms with E-state index in [9.17, 15) is 36.6 Å². The fourth-order valence-corrected chi connectivity index (χ4v) is 5.56. The molecule has 268 valence electrons. The standard InChI is InChI=1S/C39H47F5O5/c1-3-5-7-9-11-13-15-35(38(40,41)39(42,43)44)49-37(47)31-22-18-29(19-23-31)34-27-32(48-26-14-12-10-8-6-4-2)24-25-33(34)28-16-20-30(21-17-28)36(45)46/h16-25,27,35H,3-15,26H2,1-2H3,(H,45,46). The number of carbonyl (C=O) groups is 2. The number of rotatable bonds is 21. The number of halogens is 5. The van der Waals surface area contributed by atoms with E-state index < -0.39 is 36.6 Å². The van der Waals surface area contributed by atoms with Crippen molar-refractivity contribution in [3.63, 3.8) is 0 Å². The molecule has 1 atom stereocenters. The molecule has 0 bridgehead atoms. The number of alkyl halides is 5. The minimum Gasteiger partial charge on any atom is -0.494 e. The van der Waals surface area contributed by atoms with E-state index in [1.54, 1.807) is 24.3 Å². The quantitative estimate of drug-likeness (QED) is 0.0684. The molecule has 0 saturated heterocycles. The van der Waals surface area contributed by atoms with Crippen molar-refractivity contribution in [2.45, 2.75) is 116 Å². The van der Waals surface area contributed by atoms with Crippen LogP contribution < -0.4 is 4.74 Å². The molecule has 1 unspecified atom stereocenters. The average Bonchev–Trinajstić information content (AvgIpc) is 3.08. The smallest absolute Gasteiger partial charge is 0.457 e. The summed E-state index contributed by atoms with van der Waals surface area (Å²) in [5.41, 5.74) is 2.72. The van der Waals surface area contributed by atoms with Crippen molar-refractivity contribution in [1.82, 2.24) is 0 Å². The zero-order chi connectivity index (χ0) is 35.9. The van der Waals surface area contributed by atoms with Gasteiger partial charge < -0.3 is 14.6 Å². The number of ether oxygens (including phenoxy) is 2. The van der Waals surface area contributed by atoms with Gasteiger partial charge in [-0.3, -0.25) is 0 Å². The van der Waals surface area contributed by atoms with Crippen molar-refractivity contribution in [3.8, 4) is 28.0 Å². The third kappa shape index (κ3) is 11.9. The van der Waals surface area contributed by atoms with Gasteiger partial charge in [0.05, 0.1) is 17.7 Å². The Kier molecular flexibility index (Phi) is 15.5. The van der Waals surface area contributed by atoms with Gasteiger partial charge in [0.15, 0.2) is 6.10 Å². The van der Waals surface area contributed by atoms with Crippen LogP contribution >= 0.6 is 0 Å². The van der Waals surface area contributed by atoms with Crippen molar-refractivity contribution >= 4 is 11.9 Å². The van der Waals surface area contributed by atoms with Gasteiger partial charge in [0.2, 0.25) is 0 Å². The summed E-state index contributed by atoms with van der Waals surface area (Å²) in [6.45, 7) is 4.69. The fraction of sp³-hybridized carbons (Fsp3) is 0.487. The number of hydrogen-bond acceptors (Lipinski definition) is 4. The van der Waals surface area contributed by atoms with Gasteiger partial charge in [-0.25, -0.2) is 9.59 Å². The van der Waals surface area contributed by atoms with Crippen LogP contribution in [0.2, 0.25) is 0 Å². The molecule has 1 N–H and O–H groups in total. The highest BCUT2D eigenvalue weighted by Gasteiger charge is 2.63. The molecule has 3 aromatic carbocycles. The molecule has 0 aliphatic heterocycles. The van der Waals surface area contributed by atoms with Crippen LogP contribution in [0.3, 0.4) is 0 Å². The molecule has 0 aliphatic carbocycles. The van der Waals surface area contributed by atoms with Crippen LogP contribution in [-0.2, 0) is 4.74 Å². The Morgan fingerprint density at radius 2 is 1.16 bits per heavy atom. The van der Waals surface area contributed by atoms with Gasteiger partial charge in [-0.05, 0) is 77.9 Å². The van der Waals surface area contributed by atoms with Crippen LogP contribution in [0.15, 0.2) is 66.7 Å². The van der Waals surface area contributed by atoms with Crippen molar-refractivity contribution in [3.05, 3.63) is 77.9 Å². The Labute approximate surface area is 285 Å². The van der Waals surface area contributed by atoms with Gasteiger partial charge in [-0.2, -0.15) is 22.0 Å². The van der Waals surface area contributed by atoms with E-state index in [0.29, 0.717) is 36.3 Å². The molecule has 3 rings (SSSR count). The number of carboxylic acids is 1. The molecular formula is C39H47F5O5. The first-order valence-electron chi connectivity index (χ1n) is 17.3. The molecule has 0 spiro atoms. The number of carbonyl (C=O) groups excluding carboxylic acids is 1. The second-order valence-electron chi connectivity index (χ2n) is 12.4. The first kappa shape index (κ1) is 39.5. The zero-order valence-electron chi connectivity index (χ0n) is 28.3. The number of esters is 1. The van der Waals surface area contributed by atoms with E-state index in [-0.39, 0.29) is 17.5 Å². The SMILES string of the molecule is CCCCCCCCOc1ccc(-c2ccc(C(=O)O)cc2)c(-c2ccc(C(=O)OC(CCCCCCCC)C(F)(F)C(F)(F)F)cc2)c1. The average molecular weight is 691 g/mol. The van der Waals surface area contributed by atoms with E-state index in [4.69, 9.17) is 9.47 Å². The van der Waals surface area contributed by atoms with E-state index in [2.05, 4.69) is 6.92 Å². The monoisotopic (exact) mass is 690 g/mol. The first-order chi connectivity index (χ1) is 23.4. The molecule has 5 nitrogen and oxygen atoms in total. The zero-order valence-corrected chi connectivity index (χ0v) is 28.3. The lowest BCUT2D eigenvalue weighted by Gasteiger charge is -2.28. The number of benzene rings is 3. The predicted octanol–water partition coefficient (Wildman–Crippen LogP) is 11.9. The summed E-state index contributed by atoms with van der Waals surface area (Å²) in [5, 5.41) is 9.32. The normalized spacial score (nSPS) is 12.5. The minimum absolute atomic E-state index is 0.0692. The number of carboxylic acid groups (broad SMARTS) is 1. The second-order valence-corrected chi connectivity index (χ2v) is 12.4.